The van der Waals surface area contributed by atoms with E-state index in [1.54, 1.807) is 0 Å². The van der Waals surface area contributed by atoms with Crippen LogP contribution in [0.2, 0.25) is 0 Å². The molecule has 2 aromatic carbocycles. The van der Waals surface area contributed by atoms with E-state index in [1.165, 1.54) is 0 Å². The molecule has 0 saturated heterocycles. The molecule has 6 heteroatoms. The monoisotopic (exact) mass is 351 g/mol. The topological polar surface area (TPSA) is 77.2 Å². The van der Waals surface area contributed by atoms with E-state index in [2.05, 4.69) is 15.5 Å². The molecule has 3 aromatic rings. The van der Waals surface area contributed by atoms with Gasteiger partial charge in [0.05, 0.1) is 12.1 Å². The molecule has 0 radical (unpaired) electrons. The average molecular weight is 351 g/mol. The normalized spacial score (nSPS) is 12.0. The van der Waals surface area contributed by atoms with E-state index in [1.807, 2.05) is 75.4 Å². The van der Waals surface area contributed by atoms with Crippen LogP contribution in [0, 0.1) is 0 Å². The van der Waals surface area contributed by atoms with Crippen molar-refractivity contribution in [2.24, 2.45) is 0 Å². The molecule has 0 spiro atoms. The molecule has 0 aliphatic heterocycles. The second kappa shape index (κ2) is 7.82. The van der Waals surface area contributed by atoms with E-state index in [4.69, 9.17) is 9.26 Å². The van der Waals surface area contributed by atoms with Crippen LogP contribution in [-0.4, -0.2) is 22.2 Å². The van der Waals surface area contributed by atoms with E-state index < -0.39 is 5.91 Å². The van der Waals surface area contributed by atoms with Gasteiger partial charge in [-0.15, -0.1) is 0 Å². The van der Waals surface area contributed by atoms with Gasteiger partial charge in [-0.3, -0.25) is 4.79 Å². The molecule has 0 bridgehead atoms. The molecule has 26 heavy (non-hydrogen) atoms. The first-order chi connectivity index (χ1) is 12.5. The molecule has 6 nitrogen and oxygen atoms in total. The smallest absolute Gasteiger partial charge is 0.316 e. The Balaban J connectivity index is 1.68. The molecule has 3 rings (SSSR count). The van der Waals surface area contributed by atoms with Crippen molar-refractivity contribution >= 4 is 5.91 Å². The maximum Gasteiger partial charge on any atom is 0.316 e. The summed E-state index contributed by atoms with van der Waals surface area (Å²) >= 11 is 0. The summed E-state index contributed by atoms with van der Waals surface area (Å²) in [5.74, 6) is 0.658. The van der Waals surface area contributed by atoms with Crippen molar-refractivity contribution in [3.63, 3.8) is 0 Å². The van der Waals surface area contributed by atoms with Crippen LogP contribution in [0.15, 0.2) is 59.1 Å². The highest BCUT2D eigenvalue weighted by Gasteiger charge is 2.18. The van der Waals surface area contributed by atoms with Gasteiger partial charge in [-0.2, -0.15) is 4.98 Å². The van der Waals surface area contributed by atoms with Gasteiger partial charge >= 0.3 is 11.8 Å². The van der Waals surface area contributed by atoms with Gasteiger partial charge in [0.1, 0.15) is 5.75 Å². The van der Waals surface area contributed by atoms with E-state index in [-0.39, 0.29) is 18.0 Å². The maximum absolute atomic E-state index is 12.3. The van der Waals surface area contributed by atoms with Gasteiger partial charge < -0.3 is 14.6 Å². The summed E-state index contributed by atoms with van der Waals surface area (Å²) in [6.07, 6.45) is 0.105. The Morgan fingerprint density at radius 2 is 1.73 bits per heavy atom. The van der Waals surface area contributed by atoms with Crippen LogP contribution in [0.3, 0.4) is 0 Å². The standard InChI is InChI=1S/C20H21N3O3/c1-13(2)25-17-11-9-16(10-12-17)18-22-20(26-23-18)19(24)21-14(3)15-7-5-4-6-8-15/h4-14H,1-3H3,(H,21,24). The van der Waals surface area contributed by atoms with Crippen LogP contribution in [-0.2, 0) is 0 Å². The Hall–Kier alpha value is -3.15. The molecule has 0 saturated carbocycles. The lowest BCUT2D eigenvalue weighted by atomic mass is 10.1. The number of ether oxygens (including phenoxy) is 1. The Bertz CT molecular complexity index is 858. The van der Waals surface area contributed by atoms with Crippen LogP contribution in [0.1, 0.15) is 43.1 Å². The number of carbonyl (C=O) groups is 1. The maximum atomic E-state index is 12.3. The zero-order valence-electron chi connectivity index (χ0n) is 15.0. The van der Waals surface area contributed by atoms with Crippen molar-refractivity contribution in [2.45, 2.75) is 32.9 Å². The Morgan fingerprint density at radius 3 is 2.38 bits per heavy atom. The van der Waals surface area contributed by atoms with Crippen LogP contribution < -0.4 is 10.1 Å². The second-order valence-electron chi connectivity index (χ2n) is 6.22. The molecule has 1 atom stereocenters. The molecule has 1 amide bonds. The molecule has 0 aliphatic carbocycles. The molecule has 0 fully saturated rings. The summed E-state index contributed by atoms with van der Waals surface area (Å²) in [6, 6.07) is 16.9. The highest BCUT2D eigenvalue weighted by atomic mass is 16.5. The number of amides is 1. The minimum atomic E-state index is -0.403. The Morgan fingerprint density at radius 1 is 1.04 bits per heavy atom. The predicted molar refractivity (Wildman–Crippen MR) is 97.8 cm³/mol. The largest absolute Gasteiger partial charge is 0.491 e. The lowest BCUT2D eigenvalue weighted by Gasteiger charge is -2.12. The number of nitrogens with one attached hydrogen (secondary N) is 1. The van der Waals surface area contributed by atoms with Crippen molar-refractivity contribution in [1.82, 2.24) is 15.5 Å². The van der Waals surface area contributed by atoms with E-state index >= 15 is 0 Å². The summed E-state index contributed by atoms with van der Waals surface area (Å²) < 4.78 is 10.7. The Labute approximate surface area is 152 Å². The van der Waals surface area contributed by atoms with E-state index in [0.29, 0.717) is 5.82 Å². The zero-order chi connectivity index (χ0) is 18.5. The van der Waals surface area contributed by atoms with Crippen molar-refractivity contribution in [2.75, 3.05) is 0 Å². The number of carbonyl (C=O) groups excluding carboxylic acids is 1. The van der Waals surface area contributed by atoms with Crippen LogP contribution in [0.4, 0.5) is 0 Å². The highest BCUT2D eigenvalue weighted by molar-refractivity contribution is 5.90. The van der Waals surface area contributed by atoms with Crippen molar-refractivity contribution in [3.8, 4) is 17.1 Å². The highest BCUT2D eigenvalue weighted by Crippen LogP contribution is 2.21. The van der Waals surface area contributed by atoms with Gasteiger partial charge in [-0.1, -0.05) is 35.5 Å². The third kappa shape index (κ3) is 4.27. The van der Waals surface area contributed by atoms with Crippen molar-refractivity contribution < 1.29 is 14.1 Å². The number of hydrogen-bond donors (Lipinski definition) is 1. The van der Waals surface area contributed by atoms with Crippen molar-refractivity contribution in [3.05, 3.63) is 66.1 Å². The number of nitrogens with zero attached hydrogens (tertiary/aromatic N) is 2. The van der Waals surface area contributed by atoms with Crippen LogP contribution in [0.25, 0.3) is 11.4 Å². The first kappa shape index (κ1) is 17.7. The summed E-state index contributed by atoms with van der Waals surface area (Å²) in [7, 11) is 0. The van der Waals surface area contributed by atoms with Gasteiger partial charge in [0, 0.05) is 5.56 Å². The molecule has 1 N–H and O–H groups in total. The fourth-order valence-corrected chi connectivity index (χ4v) is 2.47. The van der Waals surface area contributed by atoms with E-state index in [9.17, 15) is 4.79 Å². The minimum Gasteiger partial charge on any atom is -0.491 e. The average Bonchev–Trinajstić information content (AvgIpc) is 3.13. The Kier molecular flexibility index (Phi) is 5.31. The van der Waals surface area contributed by atoms with Gasteiger partial charge in [0.15, 0.2) is 0 Å². The lowest BCUT2D eigenvalue weighted by molar-refractivity contribution is 0.0895. The first-order valence-electron chi connectivity index (χ1n) is 8.49. The molecule has 1 heterocycles. The minimum absolute atomic E-state index is 0.0645. The molecule has 1 unspecified atom stereocenters. The summed E-state index contributed by atoms with van der Waals surface area (Å²) in [6.45, 7) is 5.83. The third-order valence-electron chi connectivity index (χ3n) is 3.75. The summed E-state index contributed by atoms with van der Waals surface area (Å²) in [5, 5.41) is 6.74. The van der Waals surface area contributed by atoms with Gasteiger partial charge in [-0.25, -0.2) is 0 Å². The van der Waals surface area contributed by atoms with Crippen molar-refractivity contribution in [1.29, 1.82) is 0 Å². The van der Waals surface area contributed by atoms with E-state index in [0.717, 1.165) is 16.9 Å². The molecule has 0 aliphatic rings. The fraction of sp³-hybridized carbons (Fsp3) is 0.250. The predicted octanol–water partition coefficient (Wildman–Crippen LogP) is 4.01. The second-order valence-corrected chi connectivity index (χ2v) is 6.22. The fourth-order valence-electron chi connectivity index (χ4n) is 2.47. The summed E-state index contributed by atoms with van der Waals surface area (Å²) in [5.41, 5.74) is 1.75. The van der Waals surface area contributed by atoms with Crippen LogP contribution in [0.5, 0.6) is 5.75 Å². The lowest BCUT2D eigenvalue weighted by Crippen LogP contribution is -2.26. The van der Waals surface area contributed by atoms with Gasteiger partial charge in [0.25, 0.3) is 0 Å². The molecule has 1 aromatic heterocycles. The molecule has 134 valence electrons. The number of hydrogen-bond acceptors (Lipinski definition) is 5. The SMILES string of the molecule is CC(C)Oc1ccc(-c2noc(C(=O)NC(C)c3ccccc3)n2)cc1. The molecular formula is C20H21N3O3. The number of rotatable bonds is 6. The summed E-state index contributed by atoms with van der Waals surface area (Å²) in [4.78, 5) is 16.5. The zero-order valence-corrected chi connectivity index (χ0v) is 15.0. The quantitative estimate of drug-likeness (QED) is 0.726. The van der Waals surface area contributed by atoms with Gasteiger partial charge in [-0.05, 0) is 50.6 Å². The van der Waals surface area contributed by atoms with Crippen LogP contribution >= 0.6 is 0 Å². The first-order valence-corrected chi connectivity index (χ1v) is 8.49. The van der Waals surface area contributed by atoms with Gasteiger partial charge in [0.2, 0.25) is 5.82 Å². The number of benzene rings is 2. The molecular weight excluding hydrogens is 330 g/mol. The third-order valence-corrected chi connectivity index (χ3v) is 3.75. The number of aromatic nitrogens is 2.